The molecule has 0 atom stereocenters. The van der Waals surface area contributed by atoms with Crippen LogP contribution in [0.2, 0.25) is 5.02 Å². The van der Waals surface area contributed by atoms with Crippen LogP contribution in [0.5, 0.6) is 0 Å². The molecule has 0 unspecified atom stereocenters. The van der Waals surface area contributed by atoms with Crippen LogP contribution in [0, 0.1) is 0 Å². The molecule has 2 aromatic carbocycles. The summed E-state index contributed by atoms with van der Waals surface area (Å²) in [7, 11) is 0. The SMILES string of the molecule is O=C(c1cccc(Cl)c1)N1CCN(Cc2cccc3c2NCC3)CC1. The summed E-state index contributed by atoms with van der Waals surface area (Å²) >= 11 is 6.00. The van der Waals surface area contributed by atoms with Gasteiger partial charge in [0.25, 0.3) is 5.91 Å². The molecule has 130 valence electrons. The maximum atomic E-state index is 12.6. The van der Waals surface area contributed by atoms with Crippen LogP contribution < -0.4 is 5.32 Å². The third-order valence-electron chi connectivity index (χ3n) is 5.06. The van der Waals surface area contributed by atoms with Crippen LogP contribution >= 0.6 is 11.6 Å². The van der Waals surface area contributed by atoms with Crippen molar-refractivity contribution in [1.82, 2.24) is 9.80 Å². The first-order valence-corrected chi connectivity index (χ1v) is 9.20. The molecule has 2 aromatic rings. The Hall–Kier alpha value is -2.04. The molecule has 0 aromatic heterocycles. The molecule has 25 heavy (non-hydrogen) atoms. The highest BCUT2D eigenvalue weighted by Crippen LogP contribution is 2.27. The van der Waals surface area contributed by atoms with E-state index in [1.807, 2.05) is 17.0 Å². The highest BCUT2D eigenvalue weighted by molar-refractivity contribution is 6.30. The molecule has 2 heterocycles. The second kappa shape index (κ2) is 7.06. The van der Waals surface area contributed by atoms with Crippen LogP contribution in [0.1, 0.15) is 21.5 Å². The molecule has 1 fully saturated rings. The number of benzene rings is 2. The average molecular weight is 356 g/mol. The zero-order valence-electron chi connectivity index (χ0n) is 14.2. The van der Waals surface area contributed by atoms with E-state index in [4.69, 9.17) is 11.6 Å². The van der Waals surface area contributed by atoms with Gasteiger partial charge in [-0.05, 0) is 35.7 Å². The fourth-order valence-electron chi connectivity index (χ4n) is 3.70. The number of anilines is 1. The van der Waals surface area contributed by atoms with Crippen molar-refractivity contribution >= 4 is 23.2 Å². The maximum Gasteiger partial charge on any atom is 0.253 e. The van der Waals surface area contributed by atoms with Crippen LogP contribution in [-0.2, 0) is 13.0 Å². The summed E-state index contributed by atoms with van der Waals surface area (Å²) in [6.07, 6.45) is 1.12. The predicted octanol–water partition coefficient (Wildman–Crippen LogP) is 3.27. The number of amides is 1. The van der Waals surface area contributed by atoms with E-state index in [0.29, 0.717) is 10.6 Å². The number of para-hydroxylation sites is 1. The molecule has 0 saturated carbocycles. The number of nitrogens with one attached hydrogen (secondary N) is 1. The monoisotopic (exact) mass is 355 g/mol. The number of carbonyl (C=O) groups excluding carboxylic acids is 1. The van der Waals surface area contributed by atoms with E-state index in [1.165, 1.54) is 16.8 Å². The summed E-state index contributed by atoms with van der Waals surface area (Å²) in [4.78, 5) is 17.0. The first kappa shape index (κ1) is 16.4. The first-order chi connectivity index (χ1) is 12.2. The van der Waals surface area contributed by atoms with Gasteiger partial charge in [0.1, 0.15) is 0 Å². The summed E-state index contributed by atoms with van der Waals surface area (Å²) in [5.41, 5.74) is 4.78. The Bertz CT molecular complexity index is 784. The molecule has 4 nitrogen and oxygen atoms in total. The third-order valence-corrected chi connectivity index (χ3v) is 5.29. The number of carbonyl (C=O) groups is 1. The molecular weight excluding hydrogens is 334 g/mol. The molecule has 4 rings (SSSR count). The van der Waals surface area contributed by atoms with Gasteiger partial charge in [-0.2, -0.15) is 0 Å². The van der Waals surface area contributed by atoms with E-state index in [-0.39, 0.29) is 5.91 Å². The van der Waals surface area contributed by atoms with Crippen molar-refractivity contribution in [2.75, 3.05) is 38.0 Å². The summed E-state index contributed by atoms with van der Waals surface area (Å²) in [6.45, 7) is 5.29. The lowest BCUT2D eigenvalue weighted by atomic mass is 10.1. The highest BCUT2D eigenvalue weighted by atomic mass is 35.5. The van der Waals surface area contributed by atoms with E-state index in [0.717, 1.165) is 45.7 Å². The van der Waals surface area contributed by atoms with Gasteiger partial charge < -0.3 is 10.2 Å². The number of fused-ring (bicyclic) bond motifs is 1. The highest BCUT2D eigenvalue weighted by Gasteiger charge is 2.23. The van der Waals surface area contributed by atoms with E-state index in [1.54, 1.807) is 12.1 Å². The zero-order chi connectivity index (χ0) is 17.2. The van der Waals surface area contributed by atoms with E-state index in [9.17, 15) is 4.79 Å². The van der Waals surface area contributed by atoms with Crippen molar-refractivity contribution in [3.63, 3.8) is 0 Å². The van der Waals surface area contributed by atoms with Gasteiger partial charge in [0.2, 0.25) is 0 Å². The standard InChI is InChI=1S/C20H22ClN3O/c21-18-6-2-4-16(13-18)20(25)24-11-9-23(10-12-24)14-17-5-1-3-15-7-8-22-19(15)17/h1-6,13,22H,7-12,14H2. The fraction of sp³-hybridized carbons (Fsp3) is 0.350. The van der Waals surface area contributed by atoms with Crippen molar-refractivity contribution in [2.45, 2.75) is 13.0 Å². The molecule has 0 aliphatic carbocycles. The molecule has 1 amide bonds. The topological polar surface area (TPSA) is 35.6 Å². The van der Waals surface area contributed by atoms with Gasteiger partial charge in [-0.25, -0.2) is 0 Å². The second-order valence-electron chi connectivity index (χ2n) is 6.71. The lowest BCUT2D eigenvalue weighted by Crippen LogP contribution is -2.48. The Morgan fingerprint density at radius 1 is 1.08 bits per heavy atom. The smallest absolute Gasteiger partial charge is 0.253 e. The molecule has 0 radical (unpaired) electrons. The Balaban J connectivity index is 1.37. The van der Waals surface area contributed by atoms with Gasteiger partial charge in [-0.15, -0.1) is 0 Å². The van der Waals surface area contributed by atoms with E-state index < -0.39 is 0 Å². The Morgan fingerprint density at radius 2 is 1.88 bits per heavy atom. The van der Waals surface area contributed by atoms with Crippen LogP contribution in [-0.4, -0.2) is 48.4 Å². The van der Waals surface area contributed by atoms with Crippen LogP contribution in [0.4, 0.5) is 5.69 Å². The molecule has 1 saturated heterocycles. The van der Waals surface area contributed by atoms with Crippen molar-refractivity contribution < 1.29 is 4.79 Å². The molecule has 2 aliphatic rings. The Kier molecular flexibility index (Phi) is 4.64. The summed E-state index contributed by atoms with van der Waals surface area (Å²) in [5.74, 6) is 0.0735. The number of halogens is 1. The van der Waals surface area contributed by atoms with Crippen LogP contribution in [0.25, 0.3) is 0 Å². The third kappa shape index (κ3) is 3.51. The predicted molar refractivity (Wildman–Crippen MR) is 101 cm³/mol. The molecular formula is C20H22ClN3O. The summed E-state index contributed by atoms with van der Waals surface area (Å²) in [6, 6.07) is 13.8. The minimum absolute atomic E-state index is 0.0735. The number of piperazine rings is 1. The van der Waals surface area contributed by atoms with Crippen molar-refractivity contribution in [1.29, 1.82) is 0 Å². The van der Waals surface area contributed by atoms with Crippen molar-refractivity contribution in [3.8, 4) is 0 Å². The molecule has 2 aliphatic heterocycles. The van der Waals surface area contributed by atoms with Crippen molar-refractivity contribution in [3.05, 3.63) is 64.2 Å². The molecule has 0 bridgehead atoms. The second-order valence-corrected chi connectivity index (χ2v) is 7.14. The number of rotatable bonds is 3. The van der Waals surface area contributed by atoms with Gasteiger partial charge in [-0.1, -0.05) is 35.9 Å². The fourth-order valence-corrected chi connectivity index (χ4v) is 3.89. The van der Waals surface area contributed by atoms with Gasteiger partial charge in [0, 0.05) is 55.5 Å². The van der Waals surface area contributed by atoms with E-state index in [2.05, 4.69) is 28.4 Å². The number of hydrogen-bond donors (Lipinski definition) is 1. The van der Waals surface area contributed by atoms with E-state index >= 15 is 0 Å². The number of nitrogens with zero attached hydrogens (tertiary/aromatic N) is 2. The zero-order valence-corrected chi connectivity index (χ0v) is 14.9. The molecule has 0 spiro atoms. The van der Waals surface area contributed by atoms with Gasteiger partial charge in [0.05, 0.1) is 0 Å². The summed E-state index contributed by atoms with van der Waals surface area (Å²) in [5, 5.41) is 4.11. The van der Waals surface area contributed by atoms with Gasteiger partial charge in [0.15, 0.2) is 0 Å². The van der Waals surface area contributed by atoms with Gasteiger partial charge in [-0.3, -0.25) is 9.69 Å². The van der Waals surface area contributed by atoms with Crippen LogP contribution in [0.3, 0.4) is 0 Å². The Labute approximate surface area is 153 Å². The summed E-state index contributed by atoms with van der Waals surface area (Å²) < 4.78 is 0. The lowest BCUT2D eigenvalue weighted by molar-refractivity contribution is 0.0628. The maximum absolute atomic E-state index is 12.6. The van der Waals surface area contributed by atoms with Crippen LogP contribution in [0.15, 0.2) is 42.5 Å². The molecule has 1 N–H and O–H groups in total. The minimum atomic E-state index is 0.0735. The molecule has 5 heteroatoms. The normalized spacial score (nSPS) is 17.2. The van der Waals surface area contributed by atoms with Crippen molar-refractivity contribution in [2.24, 2.45) is 0 Å². The quantitative estimate of drug-likeness (QED) is 0.917. The largest absolute Gasteiger partial charge is 0.384 e. The minimum Gasteiger partial charge on any atom is -0.384 e. The average Bonchev–Trinajstić information content (AvgIpc) is 3.12. The Morgan fingerprint density at radius 3 is 2.68 bits per heavy atom. The lowest BCUT2D eigenvalue weighted by Gasteiger charge is -2.35. The number of hydrogen-bond acceptors (Lipinski definition) is 3. The van der Waals surface area contributed by atoms with Gasteiger partial charge >= 0.3 is 0 Å². The first-order valence-electron chi connectivity index (χ1n) is 8.82.